The van der Waals surface area contributed by atoms with Crippen molar-refractivity contribution in [3.63, 3.8) is 0 Å². The van der Waals surface area contributed by atoms with Gasteiger partial charge in [-0.3, -0.25) is 0 Å². The molecule has 0 aliphatic rings. The first-order valence-electron chi connectivity index (χ1n) is 8.19. The van der Waals surface area contributed by atoms with Gasteiger partial charge in [-0.15, -0.1) is 5.10 Å². The Balaban J connectivity index is 1.64. The molecule has 0 aliphatic heterocycles. The molecule has 130 valence electrons. The number of aliphatic hydroxyl groups excluding tert-OH is 1. The molecule has 2 N–H and O–H groups in total. The van der Waals surface area contributed by atoms with E-state index >= 15 is 0 Å². The lowest BCUT2D eigenvalue weighted by Gasteiger charge is -2.20. The van der Waals surface area contributed by atoms with Crippen LogP contribution in [0.15, 0.2) is 54.9 Å². The van der Waals surface area contributed by atoms with Gasteiger partial charge in [0.05, 0.1) is 12.3 Å². The zero-order valence-electron chi connectivity index (χ0n) is 14.4. The summed E-state index contributed by atoms with van der Waals surface area (Å²) >= 11 is 0. The lowest BCUT2D eigenvalue weighted by Crippen LogP contribution is -2.20. The average Bonchev–Trinajstić information content (AvgIpc) is 3.17. The fraction of sp³-hybridized carbons (Fsp3) is 0.278. The van der Waals surface area contributed by atoms with Gasteiger partial charge < -0.3 is 15.3 Å². The zero-order chi connectivity index (χ0) is 17.6. The highest BCUT2D eigenvalue weighted by Crippen LogP contribution is 2.22. The molecule has 3 rings (SSSR count). The van der Waals surface area contributed by atoms with Crippen molar-refractivity contribution in [1.29, 1.82) is 0 Å². The fourth-order valence-corrected chi connectivity index (χ4v) is 2.62. The molecule has 0 amide bonds. The molecular formula is C18H22N6O. The average molecular weight is 338 g/mol. The van der Waals surface area contributed by atoms with Crippen LogP contribution >= 0.6 is 0 Å². The summed E-state index contributed by atoms with van der Waals surface area (Å²) in [5.74, 6) is 0. The second-order valence-corrected chi connectivity index (χ2v) is 5.90. The summed E-state index contributed by atoms with van der Waals surface area (Å²) in [6, 6.07) is 16.5. The van der Waals surface area contributed by atoms with Crippen LogP contribution in [0.3, 0.4) is 0 Å². The lowest BCUT2D eigenvalue weighted by atomic mass is 10.1. The first-order chi connectivity index (χ1) is 12.2. The second-order valence-electron chi connectivity index (χ2n) is 5.90. The molecule has 25 heavy (non-hydrogen) atoms. The summed E-state index contributed by atoms with van der Waals surface area (Å²) < 4.78 is 1.63. The third kappa shape index (κ3) is 4.13. The minimum Gasteiger partial charge on any atom is -0.395 e. The van der Waals surface area contributed by atoms with E-state index in [-0.39, 0.29) is 12.6 Å². The normalized spacial score (nSPS) is 12.0. The smallest absolute Gasteiger partial charge is 0.143 e. The minimum atomic E-state index is 0.147. The van der Waals surface area contributed by atoms with Crippen LogP contribution in [0.4, 0.5) is 11.4 Å². The first kappa shape index (κ1) is 16.9. The number of tetrazole rings is 1. The number of hydrogen-bond acceptors (Lipinski definition) is 6. The van der Waals surface area contributed by atoms with Crippen LogP contribution in [-0.4, -0.2) is 45.5 Å². The first-order valence-corrected chi connectivity index (χ1v) is 8.19. The highest BCUT2D eigenvalue weighted by molar-refractivity contribution is 5.55. The summed E-state index contributed by atoms with van der Waals surface area (Å²) in [4.78, 5) is 2.02. The number of nitrogens with zero attached hydrogens (tertiary/aromatic N) is 5. The maximum Gasteiger partial charge on any atom is 0.143 e. The third-order valence-electron chi connectivity index (χ3n) is 4.13. The molecule has 1 heterocycles. The summed E-state index contributed by atoms with van der Waals surface area (Å²) in [5.41, 5.74) is 4.24. The van der Waals surface area contributed by atoms with Crippen LogP contribution in [0, 0.1) is 0 Å². The number of nitrogens with one attached hydrogen (secondary N) is 1. The monoisotopic (exact) mass is 338 g/mol. The van der Waals surface area contributed by atoms with Gasteiger partial charge in [-0.1, -0.05) is 12.1 Å². The van der Waals surface area contributed by atoms with Gasteiger partial charge in [0.25, 0.3) is 0 Å². The molecule has 3 aromatic rings. The molecule has 1 atom stereocenters. The van der Waals surface area contributed by atoms with Crippen molar-refractivity contribution < 1.29 is 5.11 Å². The zero-order valence-corrected chi connectivity index (χ0v) is 14.4. The number of hydrogen-bond donors (Lipinski definition) is 2. The van der Waals surface area contributed by atoms with E-state index in [0.717, 1.165) is 17.1 Å². The standard InChI is InChI=1S/C18H22N6O/c1-14(15-3-7-18(8-4-15)24-13-19-21-22-24)20-16-5-9-17(10-6-16)23(2)11-12-25/h3-10,13-14,20,25H,11-12H2,1-2H3. The van der Waals surface area contributed by atoms with E-state index in [0.29, 0.717) is 6.54 Å². The SMILES string of the molecule is CC(Nc1ccc(N(C)CCO)cc1)c1ccc(-n2cnnn2)cc1. The van der Waals surface area contributed by atoms with E-state index < -0.39 is 0 Å². The summed E-state index contributed by atoms with van der Waals surface area (Å²) in [6.07, 6.45) is 1.58. The Morgan fingerprint density at radius 3 is 2.44 bits per heavy atom. The molecule has 0 aliphatic carbocycles. The van der Waals surface area contributed by atoms with Crippen LogP contribution in [0.5, 0.6) is 0 Å². The highest BCUT2D eigenvalue weighted by Gasteiger charge is 2.07. The van der Waals surface area contributed by atoms with Crippen molar-refractivity contribution in [2.45, 2.75) is 13.0 Å². The fourth-order valence-electron chi connectivity index (χ4n) is 2.62. The molecule has 0 fully saturated rings. The van der Waals surface area contributed by atoms with Crippen molar-refractivity contribution in [2.75, 3.05) is 30.4 Å². The van der Waals surface area contributed by atoms with Crippen molar-refractivity contribution in [3.8, 4) is 5.69 Å². The molecule has 0 saturated carbocycles. The minimum absolute atomic E-state index is 0.147. The molecule has 2 aromatic carbocycles. The van der Waals surface area contributed by atoms with Crippen molar-refractivity contribution in [1.82, 2.24) is 20.2 Å². The van der Waals surface area contributed by atoms with Crippen molar-refractivity contribution >= 4 is 11.4 Å². The van der Waals surface area contributed by atoms with E-state index in [2.05, 4.69) is 52.0 Å². The molecule has 0 spiro atoms. The predicted octanol–water partition coefficient (Wildman–Crippen LogP) is 2.26. The lowest BCUT2D eigenvalue weighted by molar-refractivity contribution is 0.304. The van der Waals surface area contributed by atoms with Gasteiger partial charge in [0, 0.05) is 31.0 Å². The summed E-state index contributed by atoms with van der Waals surface area (Å²) in [5, 5.41) is 23.7. The van der Waals surface area contributed by atoms with E-state index in [9.17, 15) is 0 Å². The number of benzene rings is 2. The van der Waals surface area contributed by atoms with Gasteiger partial charge >= 0.3 is 0 Å². The molecule has 7 heteroatoms. The Labute approximate surface area is 146 Å². The number of likely N-dealkylation sites (N-methyl/N-ethyl adjacent to an activating group) is 1. The largest absolute Gasteiger partial charge is 0.395 e. The Kier molecular flexibility index (Phi) is 5.25. The van der Waals surface area contributed by atoms with Crippen molar-refractivity contribution in [2.24, 2.45) is 0 Å². The molecule has 0 radical (unpaired) electrons. The van der Waals surface area contributed by atoms with Crippen molar-refractivity contribution in [3.05, 3.63) is 60.4 Å². The Morgan fingerprint density at radius 2 is 1.84 bits per heavy atom. The molecule has 1 unspecified atom stereocenters. The summed E-state index contributed by atoms with van der Waals surface area (Å²) in [6.45, 7) is 2.89. The van der Waals surface area contributed by atoms with Crippen LogP contribution in [-0.2, 0) is 0 Å². The molecule has 1 aromatic heterocycles. The maximum atomic E-state index is 9.01. The van der Waals surface area contributed by atoms with Crippen LogP contribution in [0.1, 0.15) is 18.5 Å². The molecule has 7 nitrogen and oxygen atoms in total. The topological polar surface area (TPSA) is 79.1 Å². The quantitative estimate of drug-likeness (QED) is 0.688. The maximum absolute atomic E-state index is 9.01. The molecule has 0 bridgehead atoms. The van der Waals surface area contributed by atoms with Gasteiger partial charge in [0.15, 0.2) is 0 Å². The van der Waals surface area contributed by atoms with Crippen LogP contribution in [0.25, 0.3) is 5.69 Å². The van der Waals surface area contributed by atoms with E-state index in [1.165, 1.54) is 5.56 Å². The number of anilines is 2. The molecule has 0 saturated heterocycles. The van der Waals surface area contributed by atoms with Gasteiger partial charge in [0.1, 0.15) is 6.33 Å². The predicted molar refractivity (Wildman–Crippen MR) is 98.0 cm³/mol. The highest BCUT2D eigenvalue weighted by atomic mass is 16.3. The number of aliphatic hydroxyl groups is 1. The van der Waals surface area contributed by atoms with Gasteiger partial charge in [0.2, 0.25) is 0 Å². The van der Waals surface area contributed by atoms with Crippen LogP contribution < -0.4 is 10.2 Å². The van der Waals surface area contributed by atoms with Gasteiger partial charge in [-0.05, 0) is 59.3 Å². The van der Waals surface area contributed by atoms with E-state index in [1.807, 2.05) is 36.2 Å². The number of aromatic nitrogens is 4. The van der Waals surface area contributed by atoms with Gasteiger partial charge in [-0.25, -0.2) is 4.68 Å². The second kappa shape index (κ2) is 7.76. The van der Waals surface area contributed by atoms with E-state index in [1.54, 1.807) is 11.0 Å². The van der Waals surface area contributed by atoms with Gasteiger partial charge in [-0.2, -0.15) is 0 Å². The Bertz CT molecular complexity index is 770. The summed E-state index contributed by atoms with van der Waals surface area (Å²) in [7, 11) is 1.97. The van der Waals surface area contributed by atoms with E-state index in [4.69, 9.17) is 5.11 Å². The Morgan fingerprint density at radius 1 is 1.12 bits per heavy atom. The molecular weight excluding hydrogens is 316 g/mol. The number of rotatable bonds is 7. The third-order valence-corrected chi connectivity index (χ3v) is 4.13. The van der Waals surface area contributed by atoms with Crippen LogP contribution in [0.2, 0.25) is 0 Å². The Hall–Kier alpha value is -2.93.